The van der Waals surface area contributed by atoms with E-state index in [1.165, 1.54) is 4.57 Å². The molecule has 0 spiro atoms. The largest absolute Gasteiger partial charge is 0.343 e. The first kappa shape index (κ1) is 8.39. The van der Waals surface area contributed by atoms with Gasteiger partial charge in [0.05, 0.1) is 0 Å². The molecule has 0 radical (unpaired) electrons. The molecule has 1 aromatic rings. The van der Waals surface area contributed by atoms with Crippen LogP contribution in [0, 0.1) is 0 Å². The molecule has 0 amide bonds. The minimum absolute atomic E-state index is 0.149. The molecule has 4 nitrogen and oxygen atoms in total. The number of aromatic amines is 1. The molecular formula is C6H11N3OS. The van der Waals surface area contributed by atoms with E-state index in [-0.39, 0.29) is 5.69 Å². The van der Waals surface area contributed by atoms with Gasteiger partial charge in [-0.05, 0) is 6.42 Å². The van der Waals surface area contributed by atoms with Gasteiger partial charge in [0.25, 0.3) is 0 Å². The van der Waals surface area contributed by atoms with Crippen LogP contribution in [0.25, 0.3) is 0 Å². The van der Waals surface area contributed by atoms with Crippen molar-refractivity contribution in [1.29, 1.82) is 0 Å². The van der Waals surface area contributed by atoms with Crippen LogP contribution in [0.15, 0.2) is 9.95 Å². The van der Waals surface area contributed by atoms with Gasteiger partial charge in [-0.15, -0.1) is 5.10 Å². The van der Waals surface area contributed by atoms with Crippen LogP contribution in [0.3, 0.4) is 0 Å². The van der Waals surface area contributed by atoms with Crippen molar-refractivity contribution in [2.75, 3.05) is 5.75 Å². The predicted octanol–water partition coefficient (Wildman–Crippen LogP) is 0.611. The van der Waals surface area contributed by atoms with Gasteiger partial charge in [-0.25, -0.2) is 9.89 Å². The molecule has 11 heavy (non-hydrogen) atoms. The lowest BCUT2D eigenvalue weighted by molar-refractivity contribution is 0.765. The fourth-order valence-electron chi connectivity index (χ4n) is 0.655. The minimum atomic E-state index is -0.149. The Labute approximate surface area is 69.0 Å². The summed E-state index contributed by atoms with van der Waals surface area (Å²) in [4.78, 5) is 10.8. The van der Waals surface area contributed by atoms with Gasteiger partial charge < -0.3 is 0 Å². The number of nitrogens with zero attached hydrogens (tertiary/aromatic N) is 2. The molecule has 1 heterocycles. The van der Waals surface area contributed by atoms with E-state index in [2.05, 4.69) is 17.1 Å². The molecule has 0 aliphatic carbocycles. The molecule has 0 bridgehead atoms. The van der Waals surface area contributed by atoms with Crippen LogP contribution in [0.4, 0.5) is 0 Å². The first-order valence-electron chi connectivity index (χ1n) is 3.50. The van der Waals surface area contributed by atoms with Gasteiger partial charge in [0.1, 0.15) is 0 Å². The maximum absolute atomic E-state index is 10.8. The molecule has 0 atom stereocenters. The number of H-pyrrole nitrogens is 1. The van der Waals surface area contributed by atoms with Gasteiger partial charge in [-0.1, -0.05) is 18.7 Å². The predicted molar refractivity (Wildman–Crippen MR) is 44.8 cm³/mol. The van der Waals surface area contributed by atoms with Crippen molar-refractivity contribution in [1.82, 2.24) is 14.8 Å². The normalized spacial score (nSPS) is 10.4. The van der Waals surface area contributed by atoms with Gasteiger partial charge in [0, 0.05) is 12.8 Å². The van der Waals surface area contributed by atoms with Crippen molar-refractivity contribution in [3.63, 3.8) is 0 Å². The molecule has 0 saturated carbocycles. The van der Waals surface area contributed by atoms with Crippen molar-refractivity contribution in [2.45, 2.75) is 18.5 Å². The summed E-state index contributed by atoms with van der Waals surface area (Å²) in [6.07, 6.45) is 1.09. The second kappa shape index (κ2) is 3.61. The summed E-state index contributed by atoms with van der Waals surface area (Å²) in [7, 11) is 1.71. The summed E-state index contributed by atoms with van der Waals surface area (Å²) in [6.45, 7) is 2.10. The summed E-state index contributed by atoms with van der Waals surface area (Å²) in [5, 5.41) is 6.98. The van der Waals surface area contributed by atoms with E-state index in [4.69, 9.17) is 0 Å². The molecule has 0 aromatic carbocycles. The van der Waals surface area contributed by atoms with Gasteiger partial charge >= 0.3 is 5.69 Å². The fourth-order valence-corrected chi connectivity index (χ4v) is 1.43. The summed E-state index contributed by atoms with van der Waals surface area (Å²) >= 11 is 1.59. The molecule has 0 unspecified atom stereocenters. The number of rotatable bonds is 3. The Kier molecular flexibility index (Phi) is 2.76. The zero-order valence-corrected chi connectivity index (χ0v) is 7.44. The second-order valence-corrected chi connectivity index (χ2v) is 3.28. The van der Waals surface area contributed by atoms with Gasteiger partial charge in [-0.3, -0.25) is 4.57 Å². The maximum Gasteiger partial charge on any atom is 0.343 e. The van der Waals surface area contributed by atoms with Crippen molar-refractivity contribution in [2.24, 2.45) is 7.05 Å². The standard InChI is InChI=1S/C6H11N3OS/c1-3-4-11-6-8-7-5(10)9(6)2/h3-4H2,1-2H3,(H,7,10). The summed E-state index contributed by atoms with van der Waals surface area (Å²) in [6, 6.07) is 0. The van der Waals surface area contributed by atoms with E-state index < -0.39 is 0 Å². The van der Waals surface area contributed by atoms with Gasteiger partial charge in [0.15, 0.2) is 5.16 Å². The average Bonchev–Trinajstić information content (AvgIpc) is 2.31. The molecule has 1 rings (SSSR count). The Morgan fingerprint density at radius 1 is 1.73 bits per heavy atom. The molecule has 62 valence electrons. The van der Waals surface area contributed by atoms with Gasteiger partial charge in [-0.2, -0.15) is 0 Å². The quantitative estimate of drug-likeness (QED) is 0.681. The molecule has 0 aliphatic rings. The third-order valence-electron chi connectivity index (χ3n) is 1.27. The molecule has 0 saturated heterocycles. The van der Waals surface area contributed by atoms with E-state index in [1.54, 1.807) is 18.8 Å². The number of hydrogen-bond acceptors (Lipinski definition) is 3. The highest BCUT2D eigenvalue weighted by atomic mass is 32.2. The van der Waals surface area contributed by atoms with E-state index in [1.807, 2.05) is 0 Å². The van der Waals surface area contributed by atoms with E-state index in [0.717, 1.165) is 17.3 Å². The van der Waals surface area contributed by atoms with Crippen LogP contribution in [0.5, 0.6) is 0 Å². The highest BCUT2D eigenvalue weighted by Gasteiger charge is 2.02. The lowest BCUT2D eigenvalue weighted by Crippen LogP contribution is -2.12. The topological polar surface area (TPSA) is 50.7 Å². The van der Waals surface area contributed by atoms with Crippen molar-refractivity contribution in [3.8, 4) is 0 Å². The smallest absolute Gasteiger partial charge is 0.273 e. The molecular weight excluding hydrogens is 162 g/mol. The van der Waals surface area contributed by atoms with Crippen LogP contribution >= 0.6 is 11.8 Å². The van der Waals surface area contributed by atoms with Crippen LogP contribution < -0.4 is 5.69 Å². The minimum Gasteiger partial charge on any atom is -0.273 e. The first-order valence-corrected chi connectivity index (χ1v) is 4.48. The first-order chi connectivity index (χ1) is 5.25. The number of hydrogen-bond donors (Lipinski definition) is 1. The third-order valence-corrected chi connectivity index (χ3v) is 2.51. The van der Waals surface area contributed by atoms with Crippen LogP contribution in [0.1, 0.15) is 13.3 Å². The summed E-state index contributed by atoms with van der Waals surface area (Å²) in [5.41, 5.74) is -0.149. The lowest BCUT2D eigenvalue weighted by atomic mass is 10.6. The fraction of sp³-hybridized carbons (Fsp3) is 0.667. The molecule has 0 aliphatic heterocycles. The second-order valence-electron chi connectivity index (χ2n) is 2.22. The van der Waals surface area contributed by atoms with Crippen molar-refractivity contribution in [3.05, 3.63) is 10.5 Å². The van der Waals surface area contributed by atoms with E-state index in [0.29, 0.717) is 0 Å². The number of aromatic nitrogens is 3. The SMILES string of the molecule is CCCSc1n[nH]c(=O)n1C. The Morgan fingerprint density at radius 3 is 2.91 bits per heavy atom. The Morgan fingerprint density at radius 2 is 2.45 bits per heavy atom. The van der Waals surface area contributed by atoms with Crippen LogP contribution in [-0.2, 0) is 7.05 Å². The highest BCUT2D eigenvalue weighted by Crippen LogP contribution is 2.11. The molecule has 1 aromatic heterocycles. The zero-order chi connectivity index (χ0) is 8.27. The maximum atomic E-state index is 10.8. The molecule has 1 N–H and O–H groups in total. The molecule has 0 fully saturated rings. The van der Waals surface area contributed by atoms with Crippen molar-refractivity contribution >= 4 is 11.8 Å². The average molecular weight is 173 g/mol. The Hall–Kier alpha value is -0.710. The zero-order valence-electron chi connectivity index (χ0n) is 6.63. The summed E-state index contributed by atoms with van der Waals surface area (Å²) in [5.74, 6) is 0.998. The Bertz CT molecular complexity index is 278. The number of thioether (sulfide) groups is 1. The highest BCUT2D eigenvalue weighted by molar-refractivity contribution is 7.99. The van der Waals surface area contributed by atoms with Crippen LogP contribution in [-0.4, -0.2) is 20.5 Å². The lowest BCUT2D eigenvalue weighted by Gasteiger charge is -1.95. The number of nitrogens with one attached hydrogen (secondary N) is 1. The van der Waals surface area contributed by atoms with E-state index in [9.17, 15) is 4.79 Å². The monoisotopic (exact) mass is 173 g/mol. The third kappa shape index (κ3) is 1.86. The Balaban J connectivity index is 2.71. The van der Waals surface area contributed by atoms with Gasteiger partial charge in [0.2, 0.25) is 0 Å². The van der Waals surface area contributed by atoms with Crippen LogP contribution in [0.2, 0.25) is 0 Å². The van der Waals surface area contributed by atoms with Crippen molar-refractivity contribution < 1.29 is 0 Å². The van der Waals surface area contributed by atoms with E-state index >= 15 is 0 Å². The molecule has 5 heteroatoms. The summed E-state index contributed by atoms with van der Waals surface area (Å²) < 4.78 is 1.51.